The van der Waals surface area contributed by atoms with E-state index in [1.54, 1.807) is 4.90 Å². The quantitative estimate of drug-likeness (QED) is 0.308. The molecule has 2 saturated heterocycles. The second kappa shape index (κ2) is 13.9. The molecule has 2 atom stereocenters. The molecule has 0 spiro atoms. The third kappa shape index (κ3) is 8.25. The highest BCUT2D eigenvalue weighted by Crippen LogP contribution is 2.23. The summed E-state index contributed by atoms with van der Waals surface area (Å²) in [5, 5.41) is 0. The van der Waals surface area contributed by atoms with E-state index in [1.807, 2.05) is 0 Å². The minimum absolute atomic E-state index is 0.0386. The van der Waals surface area contributed by atoms with Gasteiger partial charge in [-0.3, -0.25) is 14.7 Å². The Bertz CT molecular complexity index is 914. The average Bonchev–Trinajstić information content (AvgIpc) is 2.88. The molecule has 6 N–H and O–H groups in total. The number of ether oxygens (including phenoxy) is 2. The number of rotatable bonds is 10. The third-order valence-electron chi connectivity index (χ3n) is 6.46. The first-order chi connectivity index (χ1) is 17.4. The van der Waals surface area contributed by atoms with Crippen LogP contribution < -0.4 is 17.2 Å². The summed E-state index contributed by atoms with van der Waals surface area (Å²) in [4.78, 5) is 37.0. The lowest BCUT2D eigenvalue weighted by atomic mass is 9.89. The highest BCUT2D eigenvalue weighted by atomic mass is 19.1. The number of morpholine rings is 1. The first-order valence-electron chi connectivity index (χ1n) is 12.2. The molecule has 1 aromatic carbocycles. The molecule has 0 aromatic heterocycles. The van der Waals surface area contributed by atoms with Crippen LogP contribution in [0.5, 0.6) is 0 Å². The first-order valence-corrected chi connectivity index (χ1v) is 12.2. The Morgan fingerprint density at radius 3 is 2.42 bits per heavy atom. The van der Waals surface area contributed by atoms with E-state index in [0.717, 1.165) is 13.1 Å². The highest BCUT2D eigenvalue weighted by Gasteiger charge is 2.29. The number of hydrogen-bond donors (Lipinski definition) is 3. The molecule has 36 heavy (non-hydrogen) atoms. The maximum Gasteiger partial charge on any atom is 0.409 e. The van der Waals surface area contributed by atoms with Crippen LogP contribution in [-0.4, -0.2) is 99.0 Å². The van der Waals surface area contributed by atoms with Crippen molar-refractivity contribution in [3.8, 4) is 0 Å². The van der Waals surface area contributed by atoms with E-state index in [2.05, 4.69) is 14.9 Å². The number of carbonyl (C=O) groups is 2. The number of amides is 2. The van der Waals surface area contributed by atoms with Crippen molar-refractivity contribution in [3.63, 3.8) is 0 Å². The van der Waals surface area contributed by atoms with Crippen LogP contribution in [0.15, 0.2) is 34.3 Å². The lowest BCUT2D eigenvalue weighted by Crippen LogP contribution is -2.44. The normalized spacial score (nSPS) is 19.8. The maximum absolute atomic E-state index is 13.1. The predicted octanol–water partition coefficient (Wildman–Crippen LogP) is 0.495. The van der Waals surface area contributed by atoms with Gasteiger partial charge in [-0.05, 0) is 43.0 Å². The van der Waals surface area contributed by atoms with Gasteiger partial charge in [-0.25, -0.2) is 14.2 Å². The number of nitrogens with zero attached hydrogens (tertiary/aromatic N) is 4. The van der Waals surface area contributed by atoms with E-state index in [9.17, 15) is 14.0 Å². The van der Waals surface area contributed by atoms with E-state index in [0.29, 0.717) is 58.0 Å². The van der Waals surface area contributed by atoms with Gasteiger partial charge in [-0.2, -0.15) is 0 Å². The monoisotopic (exact) mass is 505 g/mol. The molecule has 0 saturated carbocycles. The van der Waals surface area contributed by atoms with Crippen LogP contribution in [0.4, 0.5) is 14.9 Å². The van der Waals surface area contributed by atoms with Crippen LogP contribution in [0.1, 0.15) is 12.8 Å². The van der Waals surface area contributed by atoms with Crippen molar-refractivity contribution >= 4 is 29.7 Å². The number of likely N-dealkylation sites (tertiary alicyclic amines) is 1. The SMILES string of the molecule is NCC(N=CC(C(N)=O)C(N)=Nc1ccc(F)cc1)C1CCN(C(=O)OCCN2CCOCC2)CC1. The Morgan fingerprint density at radius 1 is 1.14 bits per heavy atom. The minimum atomic E-state index is -1.02. The number of carbonyl (C=O) groups excluding carboxylic acids is 2. The van der Waals surface area contributed by atoms with Gasteiger partial charge in [0.2, 0.25) is 5.91 Å². The molecule has 2 unspecified atom stereocenters. The largest absolute Gasteiger partial charge is 0.448 e. The van der Waals surface area contributed by atoms with Gasteiger partial charge in [0.25, 0.3) is 0 Å². The van der Waals surface area contributed by atoms with Crippen molar-refractivity contribution in [3.05, 3.63) is 30.1 Å². The molecule has 0 bridgehead atoms. The number of nitrogens with two attached hydrogens (primary N) is 3. The number of hydrogen-bond acceptors (Lipinski definition) is 8. The summed E-state index contributed by atoms with van der Waals surface area (Å²) in [6, 6.07) is 5.13. The van der Waals surface area contributed by atoms with Gasteiger partial charge >= 0.3 is 6.09 Å². The van der Waals surface area contributed by atoms with Crippen molar-refractivity contribution in [2.75, 3.05) is 59.1 Å². The fraction of sp³-hybridized carbons (Fsp3) is 0.583. The zero-order valence-electron chi connectivity index (χ0n) is 20.4. The molecule has 2 aliphatic heterocycles. The Morgan fingerprint density at radius 2 is 1.81 bits per heavy atom. The van der Waals surface area contributed by atoms with Gasteiger partial charge in [-0.15, -0.1) is 0 Å². The van der Waals surface area contributed by atoms with Gasteiger partial charge in [0.1, 0.15) is 24.2 Å². The second-order valence-electron chi connectivity index (χ2n) is 8.89. The lowest BCUT2D eigenvalue weighted by molar-refractivity contribution is -0.118. The van der Waals surface area contributed by atoms with Gasteiger partial charge in [0.15, 0.2) is 0 Å². The summed E-state index contributed by atoms with van der Waals surface area (Å²) in [7, 11) is 0. The molecule has 2 aliphatic rings. The smallest absolute Gasteiger partial charge is 0.409 e. The van der Waals surface area contributed by atoms with Crippen molar-refractivity contribution in [1.29, 1.82) is 0 Å². The second-order valence-corrected chi connectivity index (χ2v) is 8.89. The molecule has 12 heteroatoms. The predicted molar refractivity (Wildman–Crippen MR) is 135 cm³/mol. The summed E-state index contributed by atoms with van der Waals surface area (Å²) in [6.45, 7) is 5.52. The fourth-order valence-electron chi connectivity index (χ4n) is 4.25. The highest BCUT2D eigenvalue weighted by molar-refractivity contribution is 6.14. The molecule has 2 fully saturated rings. The maximum atomic E-state index is 13.1. The van der Waals surface area contributed by atoms with Crippen molar-refractivity contribution in [2.24, 2.45) is 39.0 Å². The molecule has 11 nitrogen and oxygen atoms in total. The van der Waals surface area contributed by atoms with Gasteiger partial charge < -0.3 is 31.6 Å². The van der Waals surface area contributed by atoms with Crippen LogP contribution >= 0.6 is 0 Å². The number of primary amides is 1. The summed E-state index contributed by atoms with van der Waals surface area (Å²) in [6.07, 6.45) is 2.48. The molecule has 3 rings (SSSR count). The Labute approximate surface area is 210 Å². The number of piperidine rings is 1. The van der Waals surface area contributed by atoms with E-state index in [4.69, 9.17) is 26.7 Å². The average molecular weight is 506 g/mol. The molecule has 198 valence electrons. The molecule has 2 heterocycles. The Hall–Kier alpha value is -3.09. The number of benzene rings is 1. The van der Waals surface area contributed by atoms with Crippen LogP contribution in [0.3, 0.4) is 0 Å². The van der Waals surface area contributed by atoms with Crippen molar-refractivity contribution in [2.45, 2.75) is 18.9 Å². The van der Waals surface area contributed by atoms with E-state index in [1.165, 1.54) is 30.5 Å². The van der Waals surface area contributed by atoms with Crippen LogP contribution in [0, 0.1) is 17.7 Å². The number of halogens is 1. The first kappa shape index (κ1) is 27.5. The zero-order chi connectivity index (χ0) is 25.9. The van der Waals surface area contributed by atoms with Crippen LogP contribution in [-0.2, 0) is 14.3 Å². The summed E-state index contributed by atoms with van der Waals surface area (Å²) < 4.78 is 23.9. The molecule has 0 aliphatic carbocycles. The van der Waals surface area contributed by atoms with Gasteiger partial charge in [0.05, 0.1) is 24.9 Å². The van der Waals surface area contributed by atoms with E-state index < -0.39 is 17.6 Å². The standard InChI is InChI=1S/C24H36FN7O4/c25-18-1-3-19(4-2-18)30-22(27)20(23(28)33)16-29-21(15-26)17-5-7-32(8-6-17)24(34)36-14-11-31-9-12-35-13-10-31/h1-4,16-17,20-21H,5-15,26H2,(H2,27,30)(H2,28,33). The molecule has 0 radical (unpaired) electrons. The summed E-state index contributed by atoms with van der Waals surface area (Å²) >= 11 is 0. The van der Waals surface area contributed by atoms with E-state index in [-0.39, 0.29) is 30.4 Å². The van der Waals surface area contributed by atoms with Crippen LogP contribution in [0.25, 0.3) is 0 Å². The topological polar surface area (TPSA) is 162 Å². The summed E-state index contributed by atoms with van der Waals surface area (Å²) in [5.41, 5.74) is 17.9. The van der Waals surface area contributed by atoms with Gasteiger partial charge in [-0.1, -0.05) is 0 Å². The summed E-state index contributed by atoms with van der Waals surface area (Å²) in [5.74, 6) is -2.03. The van der Waals surface area contributed by atoms with E-state index >= 15 is 0 Å². The molecular weight excluding hydrogens is 469 g/mol. The lowest BCUT2D eigenvalue weighted by Gasteiger charge is -2.34. The zero-order valence-corrected chi connectivity index (χ0v) is 20.4. The third-order valence-corrected chi connectivity index (χ3v) is 6.46. The van der Waals surface area contributed by atoms with Crippen molar-refractivity contribution < 1.29 is 23.5 Å². The molecular formula is C24H36FN7O4. The Kier molecular flexibility index (Phi) is 10.6. The fourth-order valence-corrected chi connectivity index (χ4v) is 4.25. The molecule has 2 amide bonds. The Balaban J connectivity index is 1.49. The van der Waals surface area contributed by atoms with Crippen LogP contribution in [0.2, 0.25) is 0 Å². The van der Waals surface area contributed by atoms with Crippen molar-refractivity contribution in [1.82, 2.24) is 9.80 Å². The molecule has 1 aromatic rings. The minimum Gasteiger partial charge on any atom is -0.448 e. The number of amidine groups is 1. The van der Waals surface area contributed by atoms with Gasteiger partial charge in [0, 0.05) is 45.5 Å². The number of aliphatic imine (C=N–C) groups is 2.